The molecule has 4 heterocycles. The molecule has 5 aromatic rings. The van der Waals surface area contributed by atoms with Crippen molar-refractivity contribution in [3.63, 3.8) is 0 Å². The van der Waals surface area contributed by atoms with Crippen LogP contribution < -0.4 is 0 Å². The van der Waals surface area contributed by atoms with Gasteiger partial charge in [-0.2, -0.15) is 5.10 Å². The summed E-state index contributed by atoms with van der Waals surface area (Å²) < 4.78 is 1.70. The van der Waals surface area contributed by atoms with E-state index in [-0.39, 0.29) is 0 Å². The zero-order valence-electron chi connectivity index (χ0n) is 19.2. The molecule has 1 aliphatic rings. The second-order valence-corrected chi connectivity index (χ2v) is 9.13. The van der Waals surface area contributed by atoms with Crippen LogP contribution in [0.1, 0.15) is 16.8 Å². The standard InChI is InChI=1S/C27H22ClN7/c1-33-11-13-34(14-12-33)18-19-4-9-24-25(15-19)32-27(31-24)21-6-8-23(28)20(16-21)5-7-22-17-29-26-3-2-10-30-35(22)26/h2-3,6,8,10,15-17H,11-14,18H2,1H3,(H,31,32). The van der Waals surface area contributed by atoms with Gasteiger partial charge in [0.25, 0.3) is 0 Å². The third-order valence-corrected chi connectivity index (χ3v) is 6.55. The molecule has 1 fully saturated rings. The molecule has 35 heavy (non-hydrogen) atoms. The molecule has 0 bridgehead atoms. The predicted octanol–water partition coefficient (Wildman–Crippen LogP) is 3.67. The van der Waals surface area contributed by atoms with Gasteiger partial charge in [-0.15, -0.1) is 0 Å². The zero-order chi connectivity index (χ0) is 23.8. The van der Waals surface area contributed by atoms with Gasteiger partial charge in [-0.1, -0.05) is 23.6 Å². The highest BCUT2D eigenvalue weighted by atomic mass is 35.5. The Morgan fingerprint density at radius 3 is 2.86 bits per heavy atom. The Morgan fingerprint density at radius 2 is 1.97 bits per heavy atom. The lowest BCUT2D eigenvalue weighted by Gasteiger charge is -2.31. The van der Waals surface area contributed by atoms with E-state index >= 15 is 0 Å². The average molecular weight is 480 g/mol. The highest BCUT2D eigenvalue weighted by Gasteiger charge is 2.15. The van der Waals surface area contributed by atoms with Crippen molar-refractivity contribution >= 4 is 28.3 Å². The largest absolute Gasteiger partial charge is 0.331 e. The van der Waals surface area contributed by atoms with E-state index in [9.17, 15) is 0 Å². The summed E-state index contributed by atoms with van der Waals surface area (Å²) in [5.74, 6) is 7.04. The third kappa shape index (κ3) is 4.45. The van der Waals surface area contributed by atoms with Gasteiger partial charge in [-0.05, 0) is 55.4 Å². The summed E-state index contributed by atoms with van der Waals surface area (Å²) in [5, 5.41) is 4.88. The number of aromatic amines is 1. The summed E-state index contributed by atoms with van der Waals surface area (Å²) in [6, 6.07) is 18.1. The van der Waals surface area contributed by atoms with Crippen LogP contribution in [-0.2, 0) is 6.54 Å². The molecular weight excluding hydrogens is 458 g/mol. The minimum atomic E-state index is 0.577. The second-order valence-electron chi connectivity index (χ2n) is 8.73. The first-order chi connectivity index (χ1) is 17.1. The van der Waals surface area contributed by atoms with Crippen LogP contribution in [0.4, 0.5) is 0 Å². The second kappa shape index (κ2) is 9.05. The van der Waals surface area contributed by atoms with E-state index in [1.54, 1.807) is 16.9 Å². The van der Waals surface area contributed by atoms with E-state index in [0.717, 1.165) is 66.4 Å². The number of H-pyrrole nitrogens is 1. The minimum absolute atomic E-state index is 0.577. The van der Waals surface area contributed by atoms with Crippen molar-refractivity contribution in [2.24, 2.45) is 0 Å². The van der Waals surface area contributed by atoms with Gasteiger partial charge in [0.15, 0.2) is 5.65 Å². The van der Waals surface area contributed by atoms with Crippen molar-refractivity contribution < 1.29 is 0 Å². The van der Waals surface area contributed by atoms with Crippen molar-refractivity contribution in [1.29, 1.82) is 0 Å². The summed E-state index contributed by atoms with van der Waals surface area (Å²) in [5.41, 5.74) is 5.87. The van der Waals surface area contributed by atoms with E-state index < -0.39 is 0 Å². The Hall–Kier alpha value is -3.88. The first-order valence-electron chi connectivity index (χ1n) is 11.5. The fraction of sp³-hybridized carbons (Fsp3) is 0.222. The number of nitrogens with one attached hydrogen (secondary N) is 1. The maximum Gasteiger partial charge on any atom is 0.154 e. The van der Waals surface area contributed by atoms with Gasteiger partial charge in [0.2, 0.25) is 0 Å². The first kappa shape index (κ1) is 21.6. The smallest absolute Gasteiger partial charge is 0.154 e. The van der Waals surface area contributed by atoms with Crippen molar-refractivity contribution in [1.82, 2.24) is 34.4 Å². The number of aromatic nitrogens is 5. The Kier molecular flexibility index (Phi) is 5.60. The van der Waals surface area contributed by atoms with Crippen LogP contribution in [0.25, 0.3) is 28.1 Å². The number of nitrogens with zero attached hydrogens (tertiary/aromatic N) is 6. The Bertz CT molecular complexity index is 1580. The molecule has 3 aromatic heterocycles. The number of hydrogen-bond acceptors (Lipinski definition) is 5. The maximum absolute atomic E-state index is 6.45. The SMILES string of the molecule is CN1CCN(Cc2c#cc3[nH]c(-c4ccc(Cl)c(C#Cc5cnc6cccnn56)c4)nc3c2)CC1. The minimum Gasteiger partial charge on any atom is -0.331 e. The third-order valence-electron chi connectivity index (χ3n) is 6.22. The molecule has 172 valence electrons. The summed E-state index contributed by atoms with van der Waals surface area (Å²) in [6.07, 6.45) is 3.42. The van der Waals surface area contributed by atoms with E-state index in [1.807, 2.05) is 30.3 Å². The molecule has 2 aromatic carbocycles. The van der Waals surface area contributed by atoms with Crippen molar-refractivity contribution in [3.8, 4) is 23.2 Å². The number of benzene rings is 1. The van der Waals surface area contributed by atoms with Gasteiger partial charge < -0.3 is 9.88 Å². The van der Waals surface area contributed by atoms with Crippen LogP contribution in [-0.4, -0.2) is 67.6 Å². The van der Waals surface area contributed by atoms with Crippen LogP contribution in [0.2, 0.25) is 5.02 Å². The first-order valence-corrected chi connectivity index (χ1v) is 11.8. The quantitative estimate of drug-likeness (QED) is 0.400. The Morgan fingerprint density at radius 1 is 1.09 bits per heavy atom. The highest BCUT2D eigenvalue weighted by molar-refractivity contribution is 6.31. The van der Waals surface area contributed by atoms with Gasteiger partial charge in [0.1, 0.15) is 17.0 Å². The van der Waals surface area contributed by atoms with E-state index in [0.29, 0.717) is 16.3 Å². The molecule has 7 nitrogen and oxygen atoms in total. The number of likely N-dealkylation sites (N-methyl/N-ethyl adjacent to an activating group) is 1. The van der Waals surface area contributed by atoms with E-state index in [2.05, 4.69) is 62.0 Å². The molecular formula is C27H22ClN7. The van der Waals surface area contributed by atoms with Crippen molar-refractivity contribution in [3.05, 3.63) is 82.8 Å². The number of hydrogen-bond donors (Lipinski definition) is 1. The van der Waals surface area contributed by atoms with Gasteiger partial charge in [-0.3, -0.25) is 4.90 Å². The Labute approximate surface area is 208 Å². The molecule has 1 aliphatic heterocycles. The number of rotatable bonds is 3. The summed E-state index contributed by atoms with van der Waals surface area (Å²) in [7, 11) is 2.17. The van der Waals surface area contributed by atoms with Crippen LogP contribution in [0.3, 0.4) is 0 Å². The topological polar surface area (TPSA) is 65.3 Å². The monoisotopic (exact) mass is 479 g/mol. The van der Waals surface area contributed by atoms with Gasteiger partial charge >= 0.3 is 0 Å². The van der Waals surface area contributed by atoms with Crippen LogP contribution in [0.5, 0.6) is 0 Å². The van der Waals surface area contributed by atoms with Crippen LogP contribution in [0, 0.1) is 24.0 Å². The summed E-state index contributed by atoms with van der Waals surface area (Å²) in [6.45, 7) is 5.17. The molecule has 0 amide bonds. The van der Waals surface area contributed by atoms with Crippen molar-refractivity contribution in [2.45, 2.75) is 6.54 Å². The molecule has 6 rings (SSSR count). The number of imidazole rings is 2. The molecule has 0 unspecified atom stereocenters. The number of halogens is 1. The summed E-state index contributed by atoms with van der Waals surface area (Å²) >= 11 is 6.45. The van der Waals surface area contributed by atoms with Gasteiger partial charge in [0, 0.05) is 55.6 Å². The van der Waals surface area contributed by atoms with Gasteiger partial charge in [0.05, 0.1) is 16.7 Å². The van der Waals surface area contributed by atoms with E-state index in [4.69, 9.17) is 16.6 Å². The maximum atomic E-state index is 6.45. The van der Waals surface area contributed by atoms with Crippen molar-refractivity contribution in [2.75, 3.05) is 33.2 Å². The zero-order valence-corrected chi connectivity index (χ0v) is 20.0. The fourth-order valence-corrected chi connectivity index (χ4v) is 4.38. The van der Waals surface area contributed by atoms with Crippen LogP contribution >= 0.6 is 11.6 Å². The highest BCUT2D eigenvalue weighted by Crippen LogP contribution is 2.25. The Balaban J connectivity index is 1.27. The average Bonchev–Trinajstić information content (AvgIpc) is 3.49. The molecule has 0 saturated carbocycles. The lowest BCUT2D eigenvalue weighted by molar-refractivity contribution is 0.148. The molecule has 1 saturated heterocycles. The number of piperazine rings is 1. The molecule has 0 aliphatic carbocycles. The predicted molar refractivity (Wildman–Crippen MR) is 136 cm³/mol. The fourth-order valence-electron chi connectivity index (χ4n) is 4.21. The van der Waals surface area contributed by atoms with Gasteiger partial charge in [-0.25, -0.2) is 14.5 Å². The molecule has 0 spiro atoms. The molecule has 0 atom stereocenters. The number of fused-ring (bicyclic) bond motifs is 2. The van der Waals surface area contributed by atoms with E-state index in [1.165, 1.54) is 0 Å². The lowest BCUT2D eigenvalue weighted by Crippen LogP contribution is -2.43. The normalized spacial score (nSPS) is 14.7. The summed E-state index contributed by atoms with van der Waals surface area (Å²) in [4.78, 5) is 17.3. The molecule has 0 radical (unpaired) electrons. The lowest BCUT2D eigenvalue weighted by atomic mass is 10.1. The molecule has 1 N–H and O–H groups in total. The van der Waals surface area contributed by atoms with Crippen LogP contribution in [0.15, 0.2) is 48.8 Å². The molecule has 8 heteroatoms.